The van der Waals surface area contributed by atoms with E-state index in [-0.39, 0.29) is 11.5 Å². The third-order valence-electron chi connectivity index (χ3n) is 10.2. The molecule has 0 radical (unpaired) electrons. The van der Waals surface area contributed by atoms with Crippen LogP contribution in [0.5, 0.6) is 0 Å². The minimum absolute atomic E-state index is 0.178. The normalized spacial score (nSPS) is 47.3. The highest BCUT2D eigenvalue weighted by atomic mass is 16.3. The van der Waals surface area contributed by atoms with Gasteiger partial charge in [0.25, 0.3) is 0 Å². The molecule has 0 spiro atoms. The summed E-state index contributed by atoms with van der Waals surface area (Å²) in [5.41, 5.74) is 1.30. The molecule has 3 nitrogen and oxygen atoms in total. The maximum Gasteiger partial charge on any atom is 0.0751 e. The van der Waals surface area contributed by atoms with E-state index in [1.807, 2.05) is 6.08 Å². The van der Waals surface area contributed by atoms with Crippen LogP contribution in [-0.2, 0) is 0 Å². The Balaban J connectivity index is 1.54. The number of fused-ring (bicyclic) bond motifs is 5. The zero-order valence-corrected chi connectivity index (χ0v) is 19.7. The standard InChI is InChI=1S/C27H44O3/c1-16(2)24(29)11-6-17(3)21-9-10-22-20-8-7-18-14-19(28)15-25(30)27(18,5)23(20)12-13-26(21,22)4/h7-8,14,16-17,19-25,28-30H,6,9-13,15H2,1-5H3/t17-,19-,20+,21-,22+,23+,24?,25+,26-,27+/m1/s1. The van der Waals surface area contributed by atoms with Gasteiger partial charge in [0.15, 0.2) is 0 Å². The summed E-state index contributed by atoms with van der Waals surface area (Å²) in [6.07, 6.45) is 13.0. The van der Waals surface area contributed by atoms with E-state index in [1.165, 1.54) is 25.7 Å². The summed E-state index contributed by atoms with van der Waals surface area (Å²) in [5.74, 6) is 3.43. The van der Waals surface area contributed by atoms with Crippen LogP contribution in [-0.4, -0.2) is 33.6 Å². The molecule has 3 heteroatoms. The minimum Gasteiger partial charge on any atom is -0.393 e. The van der Waals surface area contributed by atoms with Crippen molar-refractivity contribution in [3.05, 3.63) is 23.8 Å². The van der Waals surface area contributed by atoms with Crippen LogP contribution >= 0.6 is 0 Å². The van der Waals surface area contributed by atoms with Crippen molar-refractivity contribution in [1.82, 2.24) is 0 Å². The van der Waals surface area contributed by atoms with E-state index < -0.39 is 12.2 Å². The van der Waals surface area contributed by atoms with Crippen molar-refractivity contribution >= 4 is 0 Å². The van der Waals surface area contributed by atoms with Gasteiger partial charge in [0, 0.05) is 11.8 Å². The highest BCUT2D eigenvalue weighted by molar-refractivity contribution is 5.38. The van der Waals surface area contributed by atoms with Crippen LogP contribution in [0.25, 0.3) is 0 Å². The first kappa shape index (κ1) is 22.6. The molecule has 2 saturated carbocycles. The fraction of sp³-hybridized carbons (Fsp3) is 0.852. The Morgan fingerprint density at radius 3 is 2.47 bits per heavy atom. The molecule has 0 saturated heterocycles. The lowest BCUT2D eigenvalue weighted by Gasteiger charge is -2.58. The summed E-state index contributed by atoms with van der Waals surface area (Å²) < 4.78 is 0. The van der Waals surface area contributed by atoms with E-state index in [0.29, 0.717) is 41.4 Å². The van der Waals surface area contributed by atoms with Crippen molar-refractivity contribution < 1.29 is 15.3 Å². The molecular formula is C27H44O3. The Bertz CT molecular complexity index is 696. The second-order valence-electron chi connectivity index (χ2n) is 12.0. The molecule has 10 atom stereocenters. The largest absolute Gasteiger partial charge is 0.393 e. The highest BCUT2D eigenvalue weighted by Crippen LogP contribution is 2.66. The smallest absolute Gasteiger partial charge is 0.0751 e. The van der Waals surface area contributed by atoms with Crippen molar-refractivity contribution in [3.8, 4) is 0 Å². The first-order valence-electron chi connectivity index (χ1n) is 12.5. The summed E-state index contributed by atoms with van der Waals surface area (Å²) in [7, 11) is 0. The summed E-state index contributed by atoms with van der Waals surface area (Å²) in [4.78, 5) is 0. The van der Waals surface area contributed by atoms with Crippen LogP contribution in [0.2, 0.25) is 0 Å². The molecule has 0 amide bonds. The molecule has 1 unspecified atom stereocenters. The zero-order valence-electron chi connectivity index (χ0n) is 19.7. The lowest BCUT2D eigenvalue weighted by molar-refractivity contribution is -0.0808. The number of hydrogen-bond acceptors (Lipinski definition) is 3. The summed E-state index contributed by atoms with van der Waals surface area (Å²) >= 11 is 0. The molecule has 4 aliphatic carbocycles. The molecule has 3 N–H and O–H groups in total. The highest BCUT2D eigenvalue weighted by Gasteiger charge is 2.60. The number of aliphatic hydroxyl groups excluding tert-OH is 3. The van der Waals surface area contributed by atoms with Crippen LogP contribution < -0.4 is 0 Å². The van der Waals surface area contributed by atoms with Crippen LogP contribution in [0.1, 0.15) is 79.6 Å². The maximum atomic E-state index is 11.0. The van der Waals surface area contributed by atoms with Crippen LogP contribution in [0.4, 0.5) is 0 Å². The Hall–Kier alpha value is -0.640. The first-order valence-corrected chi connectivity index (χ1v) is 12.5. The van der Waals surface area contributed by atoms with E-state index in [1.54, 1.807) is 0 Å². The molecule has 4 aliphatic rings. The average molecular weight is 417 g/mol. The monoisotopic (exact) mass is 416 g/mol. The summed E-state index contributed by atoms with van der Waals surface area (Å²) in [6, 6.07) is 0. The molecule has 0 aromatic heterocycles. The van der Waals surface area contributed by atoms with Gasteiger partial charge in [-0.15, -0.1) is 0 Å². The number of rotatable bonds is 5. The van der Waals surface area contributed by atoms with Gasteiger partial charge in [-0.1, -0.05) is 52.8 Å². The van der Waals surface area contributed by atoms with Gasteiger partial charge in [0.05, 0.1) is 18.3 Å². The van der Waals surface area contributed by atoms with E-state index >= 15 is 0 Å². The van der Waals surface area contributed by atoms with Crippen molar-refractivity contribution in [3.63, 3.8) is 0 Å². The molecular weight excluding hydrogens is 372 g/mol. The number of allylic oxidation sites excluding steroid dienone is 2. The van der Waals surface area contributed by atoms with Gasteiger partial charge < -0.3 is 15.3 Å². The average Bonchev–Trinajstić information content (AvgIpc) is 3.04. The van der Waals surface area contributed by atoms with E-state index in [0.717, 1.165) is 24.3 Å². The lowest BCUT2D eigenvalue weighted by Crippen LogP contribution is -2.54. The number of aliphatic hydroxyl groups is 3. The molecule has 0 aromatic carbocycles. The third kappa shape index (κ3) is 3.44. The van der Waals surface area contributed by atoms with Crippen molar-refractivity contribution in [2.75, 3.05) is 0 Å². The molecule has 0 aromatic rings. The Kier molecular flexibility index (Phi) is 6.05. The van der Waals surface area contributed by atoms with Gasteiger partial charge >= 0.3 is 0 Å². The van der Waals surface area contributed by atoms with Crippen LogP contribution in [0.3, 0.4) is 0 Å². The fourth-order valence-electron chi connectivity index (χ4n) is 8.14. The minimum atomic E-state index is -0.518. The molecule has 4 rings (SSSR count). The molecule has 170 valence electrons. The van der Waals surface area contributed by atoms with Crippen LogP contribution in [0, 0.1) is 46.3 Å². The van der Waals surface area contributed by atoms with Crippen molar-refractivity contribution in [2.45, 2.75) is 97.9 Å². The van der Waals surface area contributed by atoms with Crippen LogP contribution in [0.15, 0.2) is 23.8 Å². The predicted octanol–water partition coefficient (Wildman–Crippen LogP) is 5.11. The third-order valence-corrected chi connectivity index (χ3v) is 10.2. The Morgan fingerprint density at radius 2 is 1.77 bits per heavy atom. The SMILES string of the molecule is CC(C)C(O)CC[C@@H](C)[C@H]1CC[C@H]2[C@@H]3C=CC4=C[C@@H](O)C[C@H](O)[C@]4(C)[C@H]3CC[C@]12C. The molecule has 0 heterocycles. The second-order valence-corrected chi connectivity index (χ2v) is 12.0. The molecule has 30 heavy (non-hydrogen) atoms. The van der Waals surface area contributed by atoms with E-state index in [9.17, 15) is 15.3 Å². The summed E-state index contributed by atoms with van der Waals surface area (Å²) in [6.45, 7) is 11.4. The molecule has 0 aliphatic heterocycles. The summed E-state index contributed by atoms with van der Waals surface area (Å²) in [5, 5.41) is 31.5. The van der Waals surface area contributed by atoms with Crippen molar-refractivity contribution in [2.24, 2.45) is 46.3 Å². The molecule has 2 fully saturated rings. The van der Waals surface area contributed by atoms with Gasteiger partial charge in [-0.2, -0.15) is 0 Å². The van der Waals surface area contributed by atoms with E-state index in [4.69, 9.17) is 0 Å². The number of hydrogen-bond donors (Lipinski definition) is 3. The first-order chi connectivity index (χ1) is 14.1. The zero-order chi connectivity index (χ0) is 21.8. The maximum absolute atomic E-state index is 11.0. The topological polar surface area (TPSA) is 60.7 Å². The van der Waals surface area contributed by atoms with Gasteiger partial charge in [0.2, 0.25) is 0 Å². The lowest BCUT2D eigenvalue weighted by atomic mass is 9.47. The van der Waals surface area contributed by atoms with Gasteiger partial charge in [-0.3, -0.25) is 0 Å². The Morgan fingerprint density at radius 1 is 1.03 bits per heavy atom. The van der Waals surface area contributed by atoms with Gasteiger partial charge in [0.1, 0.15) is 0 Å². The van der Waals surface area contributed by atoms with Crippen molar-refractivity contribution in [1.29, 1.82) is 0 Å². The van der Waals surface area contributed by atoms with E-state index in [2.05, 4.69) is 46.8 Å². The molecule has 0 bridgehead atoms. The quantitative estimate of drug-likeness (QED) is 0.584. The second kappa shape index (κ2) is 8.05. The Labute approximate surface area is 183 Å². The predicted molar refractivity (Wildman–Crippen MR) is 122 cm³/mol. The van der Waals surface area contributed by atoms with Gasteiger partial charge in [-0.25, -0.2) is 0 Å². The van der Waals surface area contributed by atoms with Gasteiger partial charge in [-0.05, 0) is 85.0 Å². The fourth-order valence-corrected chi connectivity index (χ4v) is 8.14.